The number of nitrogens with one attached hydrogen (secondary N) is 1. The molecule has 2 aromatic rings. The summed E-state index contributed by atoms with van der Waals surface area (Å²) in [6.45, 7) is 1.23. The van der Waals surface area contributed by atoms with Crippen molar-refractivity contribution in [2.45, 2.75) is 44.6 Å². The number of halogens is 1. The normalized spacial score (nSPS) is 18.4. The van der Waals surface area contributed by atoms with Crippen LogP contribution in [0.2, 0.25) is 5.02 Å². The van der Waals surface area contributed by atoms with E-state index in [0.29, 0.717) is 23.8 Å². The first-order chi connectivity index (χ1) is 13.6. The molecule has 28 heavy (non-hydrogen) atoms. The third-order valence-corrected chi connectivity index (χ3v) is 5.91. The molecular weight excluding hydrogens is 378 g/mol. The first-order valence-corrected chi connectivity index (χ1v) is 10.3. The van der Waals surface area contributed by atoms with E-state index in [-0.39, 0.29) is 23.8 Å². The van der Waals surface area contributed by atoms with Gasteiger partial charge in [-0.1, -0.05) is 29.7 Å². The third kappa shape index (κ3) is 4.19. The van der Waals surface area contributed by atoms with Gasteiger partial charge in [-0.2, -0.15) is 0 Å². The van der Waals surface area contributed by atoms with Crippen LogP contribution in [0.5, 0.6) is 0 Å². The highest BCUT2D eigenvalue weighted by molar-refractivity contribution is 6.30. The fourth-order valence-electron chi connectivity index (χ4n) is 3.98. The standard InChI is InChI=1S/C20H24ClN5O2/c21-15-5-7-17(8-6-15)26-13-18(23-24-26)20(28)25-11-9-16(10-12-25)22-19(27)14-3-1-2-4-14/h5-8,13-14,16H,1-4,9-12H2,(H,22,27). The van der Waals surface area contributed by atoms with Gasteiger partial charge in [-0.15, -0.1) is 5.10 Å². The van der Waals surface area contributed by atoms with E-state index in [0.717, 1.165) is 44.2 Å². The Morgan fingerprint density at radius 2 is 1.71 bits per heavy atom. The van der Waals surface area contributed by atoms with Gasteiger partial charge in [0.1, 0.15) is 0 Å². The predicted octanol–water partition coefficient (Wildman–Crippen LogP) is 2.83. The summed E-state index contributed by atoms with van der Waals surface area (Å²) < 4.78 is 1.57. The molecule has 148 valence electrons. The molecular formula is C20H24ClN5O2. The molecule has 7 nitrogen and oxygen atoms in total. The van der Waals surface area contributed by atoms with E-state index < -0.39 is 0 Å². The van der Waals surface area contributed by atoms with E-state index in [1.54, 1.807) is 27.9 Å². The summed E-state index contributed by atoms with van der Waals surface area (Å²) in [5, 5.41) is 11.9. The van der Waals surface area contributed by atoms with Crippen LogP contribution in [0.25, 0.3) is 5.69 Å². The minimum Gasteiger partial charge on any atom is -0.353 e. The van der Waals surface area contributed by atoms with Crippen LogP contribution in [-0.4, -0.2) is 50.8 Å². The Balaban J connectivity index is 1.31. The molecule has 1 aliphatic heterocycles. The Morgan fingerprint density at radius 3 is 2.39 bits per heavy atom. The van der Waals surface area contributed by atoms with Gasteiger partial charge < -0.3 is 10.2 Å². The minimum absolute atomic E-state index is 0.124. The van der Waals surface area contributed by atoms with Crippen molar-refractivity contribution in [1.29, 1.82) is 0 Å². The molecule has 2 fully saturated rings. The highest BCUT2D eigenvalue weighted by Crippen LogP contribution is 2.25. The van der Waals surface area contributed by atoms with Gasteiger partial charge in [0.05, 0.1) is 11.9 Å². The lowest BCUT2D eigenvalue weighted by molar-refractivity contribution is -0.125. The zero-order valence-electron chi connectivity index (χ0n) is 15.7. The molecule has 8 heteroatoms. The van der Waals surface area contributed by atoms with Crippen molar-refractivity contribution in [2.24, 2.45) is 5.92 Å². The first kappa shape index (κ1) is 18.9. The fourth-order valence-corrected chi connectivity index (χ4v) is 4.10. The van der Waals surface area contributed by atoms with Gasteiger partial charge in [-0.3, -0.25) is 9.59 Å². The largest absolute Gasteiger partial charge is 0.353 e. The average molecular weight is 402 g/mol. The van der Waals surface area contributed by atoms with E-state index in [1.807, 2.05) is 12.1 Å². The van der Waals surface area contributed by atoms with Crippen molar-refractivity contribution in [3.8, 4) is 5.69 Å². The van der Waals surface area contributed by atoms with Gasteiger partial charge in [-0.25, -0.2) is 4.68 Å². The zero-order valence-corrected chi connectivity index (χ0v) is 16.4. The molecule has 1 saturated heterocycles. The van der Waals surface area contributed by atoms with E-state index in [9.17, 15) is 9.59 Å². The van der Waals surface area contributed by atoms with E-state index in [1.165, 1.54) is 0 Å². The summed E-state index contributed by atoms with van der Waals surface area (Å²) in [5.41, 5.74) is 1.12. The number of likely N-dealkylation sites (tertiary alicyclic amines) is 1. The molecule has 1 aliphatic carbocycles. The molecule has 2 heterocycles. The van der Waals surface area contributed by atoms with Crippen LogP contribution in [0.4, 0.5) is 0 Å². The number of amides is 2. The molecule has 1 aromatic carbocycles. The monoisotopic (exact) mass is 401 g/mol. The molecule has 0 radical (unpaired) electrons. The molecule has 1 N–H and O–H groups in total. The van der Waals surface area contributed by atoms with Gasteiger partial charge in [0, 0.05) is 30.1 Å². The van der Waals surface area contributed by atoms with Crippen LogP contribution in [0.3, 0.4) is 0 Å². The Bertz CT molecular complexity index is 837. The third-order valence-electron chi connectivity index (χ3n) is 5.66. The first-order valence-electron chi connectivity index (χ1n) is 9.88. The second-order valence-corrected chi connectivity index (χ2v) is 8.02. The number of carbonyl (C=O) groups is 2. The highest BCUT2D eigenvalue weighted by atomic mass is 35.5. The lowest BCUT2D eigenvalue weighted by Gasteiger charge is -2.32. The van der Waals surface area contributed by atoms with Crippen molar-refractivity contribution >= 4 is 23.4 Å². The number of benzene rings is 1. The van der Waals surface area contributed by atoms with Crippen LogP contribution in [0.15, 0.2) is 30.5 Å². The molecule has 0 unspecified atom stereocenters. The van der Waals surface area contributed by atoms with Crippen LogP contribution in [0, 0.1) is 5.92 Å². The number of hydrogen-bond acceptors (Lipinski definition) is 4. The summed E-state index contributed by atoms with van der Waals surface area (Å²) in [6, 6.07) is 7.34. The van der Waals surface area contributed by atoms with Crippen molar-refractivity contribution < 1.29 is 9.59 Å². The summed E-state index contributed by atoms with van der Waals surface area (Å²) in [7, 11) is 0. The number of aromatic nitrogens is 3. The zero-order chi connectivity index (χ0) is 19.5. The Labute approximate surface area is 169 Å². The molecule has 0 bridgehead atoms. The maximum Gasteiger partial charge on any atom is 0.276 e. The second kappa shape index (κ2) is 8.31. The van der Waals surface area contributed by atoms with Gasteiger partial charge in [0.25, 0.3) is 5.91 Å². The summed E-state index contributed by atoms with van der Waals surface area (Å²) in [4.78, 5) is 26.8. The molecule has 2 amide bonds. The number of carbonyl (C=O) groups excluding carboxylic acids is 2. The molecule has 4 rings (SSSR count). The predicted molar refractivity (Wildman–Crippen MR) is 105 cm³/mol. The lowest BCUT2D eigenvalue weighted by atomic mass is 10.0. The Morgan fingerprint density at radius 1 is 1.04 bits per heavy atom. The van der Waals surface area contributed by atoms with Gasteiger partial charge in [0.2, 0.25) is 5.91 Å². The van der Waals surface area contributed by atoms with Gasteiger partial charge in [0.15, 0.2) is 5.69 Å². The number of hydrogen-bond donors (Lipinski definition) is 1. The average Bonchev–Trinajstić information content (AvgIpc) is 3.41. The quantitative estimate of drug-likeness (QED) is 0.854. The van der Waals surface area contributed by atoms with Crippen molar-refractivity contribution in [3.63, 3.8) is 0 Å². The molecule has 0 spiro atoms. The van der Waals surface area contributed by atoms with Crippen LogP contribution in [-0.2, 0) is 4.79 Å². The van der Waals surface area contributed by atoms with Gasteiger partial charge in [-0.05, 0) is 49.9 Å². The maximum atomic E-state index is 12.7. The maximum absolute atomic E-state index is 12.7. The number of nitrogens with zero attached hydrogens (tertiary/aromatic N) is 4. The SMILES string of the molecule is O=C(NC1CCN(C(=O)c2cn(-c3ccc(Cl)cc3)nn2)CC1)C1CCCC1. The Hall–Kier alpha value is -2.41. The van der Waals surface area contributed by atoms with Crippen molar-refractivity contribution in [2.75, 3.05) is 13.1 Å². The van der Waals surface area contributed by atoms with Crippen LogP contribution >= 0.6 is 11.6 Å². The van der Waals surface area contributed by atoms with Gasteiger partial charge >= 0.3 is 0 Å². The minimum atomic E-state index is -0.124. The van der Waals surface area contributed by atoms with E-state index in [2.05, 4.69) is 15.6 Å². The summed E-state index contributed by atoms with van der Waals surface area (Å²) in [6.07, 6.45) is 7.51. The van der Waals surface area contributed by atoms with Crippen molar-refractivity contribution in [1.82, 2.24) is 25.2 Å². The molecule has 0 atom stereocenters. The highest BCUT2D eigenvalue weighted by Gasteiger charge is 2.29. The van der Waals surface area contributed by atoms with E-state index in [4.69, 9.17) is 11.6 Å². The van der Waals surface area contributed by atoms with Crippen molar-refractivity contribution in [3.05, 3.63) is 41.2 Å². The van der Waals surface area contributed by atoms with Crippen LogP contribution < -0.4 is 5.32 Å². The van der Waals surface area contributed by atoms with E-state index >= 15 is 0 Å². The summed E-state index contributed by atoms with van der Waals surface area (Å²) in [5.74, 6) is 0.247. The Kier molecular flexibility index (Phi) is 5.62. The second-order valence-electron chi connectivity index (χ2n) is 7.58. The molecule has 1 saturated carbocycles. The fraction of sp³-hybridized carbons (Fsp3) is 0.500. The summed E-state index contributed by atoms with van der Waals surface area (Å²) >= 11 is 5.90. The number of piperidine rings is 1. The van der Waals surface area contributed by atoms with Crippen LogP contribution in [0.1, 0.15) is 49.0 Å². The number of rotatable bonds is 4. The topological polar surface area (TPSA) is 80.1 Å². The molecule has 1 aromatic heterocycles. The molecule has 2 aliphatic rings. The lowest BCUT2D eigenvalue weighted by Crippen LogP contribution is -2.47. The smallest absolute Gasteiger partial charge is 0.276 e.